The van der Waals surface area contributed by atoms with Gasteiger partial charge in [-0.05, 0) is 197 Å². The van der Waals surface area contributed by atoms with E-state index in [1.165, 1.54) is 129 Å². The van der Waals surface area contributed by atoms with E-state index in [9.17, 15) is 0 Å². The van der Waals surface area contributed by atoms with E-state index in [0.717, 1.165) is 19.3 Å². The summed E-state index contributed by atoms with van der Waals surface area (Å²) in [4.78, 5) is 7.96. The Morgan fingerprint density at radius 1 is 0.258 bits per heavy atom. The van der Waals surface area contributed by atoms with Gasteiger partial charge in [-0.1, -0.05) is 146 Å². The van der Waals surface area contributed by atoms with Crippen molar-refractivity contribution in [2.45, 2.75) is 60.8 Å². The van der Waals surface area contributed by atoms with Crippen LogP contribution in [0, 0.1) is 41.5 Å². The fourth-order valence-electron chi connectivity index (χ4n) is 9.42. The molecule has 0 fully saturated rings. The van der Waals surface area contributed by atoms with Gasteiger partial charge in [0.15, 0.2) is 0 Å². The van der Waals surface area contributed by atoms with Crippen LogP contribution in [-0.4, -0.2) is 0 Å². The van der Waals surface area contributed by atoms with Gasteiger partial charge in [0.25, 0.3) is 0 Å². The van der Waals surface area contributed by atoms with Gasteiger partial charge in [0.1, 0.15) is 0 Å². The highest BCUT2D eigenvalue weighted by atomic mass is 32.1. The first kappa shape index (κ1) is 43.5. The zero-order chi connectivity index (χ0) is 45.3. The van der Waals surface area contributed by atoms with Crippen LogP contribution < -0.4 is 0 Å². The summed E-state index contributed by atoms with van der Waals surface area (Å²) >= 11 is 5.84. The van der Waals surface area contributed by atoms with Crippen molar-refractivity contribution < 1.29 is 0 Å². The smallest absolute Gasteiger partial charge is 0.0385 e. The molecule has 0 aliphatic heterocycles. The summed E-state index contributed by atoms with van der Waals surface area (Å²) in [7, 11) is 0. The number of aryl methyl sites for hydroxylation is 6. The second kappa shape index (κ2) is 18.9. The summed E-state index contributed by atoms with van der Waals surface area (Å²) in [5.74, 6) is 0. The zero-order valence-electron chi connectivity index (χ0n) is 38.7. The molecule has 0 radical (unpaired) electrons. The van der Waals surface area contributed by atoms with Gasteiger partial charge in [0.2, 0.25) is 0 Å². The first-order chi connectivity index (χ1) is 32.2. The van der Waals surface area contributed by atoms with Gasteiger partial charge < -0.3 is 0 Å². The molecule has 0 saturated carbocycles. The lowest BCUT2D eigenvalue weighted by molar-refractivity contribution is 1.17. The Balaban J connectivity index is 1.24. The minimum absolute atomic E-state index is 0.869. The molecule has 0 bridgehead atoms. The molecule has 0 aliphatic rings. The van der Waals surface area contributed by atoms with Crippen LogP contribution in [0.4, 0.5) is 0 Å². The highest BCUT2D eigenvalue weighted by Crippen LogP contribution is 2.48. The highest BCUT2D eigenvalue weighted by molar-refractivity contribution is 7.20. The molecular weight excluding hydrogens is 853 g/mol. The van der Waals surface area contributed by atoms with Crippen molar-refractivity contribution in [2.75, 3.05) is 0 Å². The average Bonchev–Trinajstić information content (AvgIpc) is 4.07. The molecule has 0 nitrogen and oxygen atoms in total. The molecule has 10 rings (SSSR count). The van der Waals surface area contributed by atoms with E-state index in [4.69, 9.17) is 0 Å². The van der Waals surface area contributed by atoms with Crippen molar-refractivity contribution in [3.8, 4) is 62.6 Å². The second-order valence-electron chi connectivity index (χ2n) is 17.9. The summed E-state index contributed by atoms with van der Waals surface area (Å²) in [5, 5.41) is 0. The Morgan fingerprint density at radius 2 is 0.500 bits per heavy atom. The van der Waals surface area contributed by atoms with Crippen molar-refractivity contribution in [3.63, 3.8) is 0 Å². The molecule has 0 N–H and O–H groups in total. The van der Waals surface area contributed by atoms with Crippen LogP contribution >= 0.6 is 34.0 Å². The molecule has 0 unspecified atom stereocenters. The SMILES string of the molecule is Cc1ccccc1Cc1cc(-c2ccccc2C)sc1-c1cc(-c2sc(-c3ccccc3C)cc2Cc2ccccc2C)cc(-c2sc(-c3ccccc3C)cc2Cc2ccccc2C)c1. The predicted octanol–water partition coefficient (Wildman–Crippen LogP) is 18.5. The first-order valence-corrected chi connectivity index (χ1v) is 25.5. The van der Waals surface area contributed by atoms with E-state index in [-0.39, 0.29) is 0 Å². The predicted molar refractivity (Wildman–Crippen MR) is 289 cm³/mol. The lowest BCUT2D eigenvalue weighted by Gasteiger charge is -2.14. The molecule has 3 heterocycles. The molecule has 0 spiro atoms. The van der Waals surface area contributed by atoms with Gasteiger partial charge in [-0.3, -0.25) is 0 Å². The van der Waals surface area contributed by atoms with Crippen molar-refractivity contribution in [2.24, 2.45) is 0 Å². The van der Waals surface area contributed by atoms with Crippen molar-refractivity contribution >= 4 is 34.0 Å². The third kappa shape index (κ3) is 8.96. The van der Waals surface area contributed by atoms with E-state index in [0.29, 0.717) is 0 Å². The zero-order valence-corrected chi connectivity index (χ0v) is 41.1. The monoisotopic (exact) mass is 906 g/mol. The van der Waals surface area contributed by atoms with E-state index >= 15 is 0 Å². The summed E-state index contributed by atoms with van der Waals surface area (Å²) in [6, 6.07) is 68.3. The summed E-state index contributed by atoms with van der Waals surface area (Å²) in [5.41, 5.74) is 23.8. The van der Waals surface area contributed by atoms with Crippen LogP contribution in [0.15, 0.2) is 182 Å². The van der Waals surface area contributed by atoms with Gasteiger partial charge in [-0.2, -0.15) is 0 Å². The summed E-state index contributed by atoms with van der Waals surface area (Å²) in [6.45, 7) is 13.5. The van der Waals surface area contributed by atoms with Crippen molar-refractivity contribution in [1.29, 1.82) is 0 Å². The van der Waals surface area contributed by atoms with E-state index in [1.54, 1.807) is 0 Å². The molecule has 10 aromatic rings. The Bertz CT molecular complexity index is 3000. The number of hydrogen-bond acceptors (Lipinski definition) is 3. The van der Waals surface area contributed by atoms with Crippen LogP contribution in [0.3, 0.4) is 0 Å². The maximum Gasteiger partial charge on any atom is 0.0385 e. The van der Waals surface area contributed by atoms with Crippen molar-refractivity contribution in [3.05, 3.63) is 249 Å². The minimum atomic E-state index is 0.869. The maximum absolute atomic E-state index is 2.52. The summed E-state index contributed by atoms with van der Waals surface area (Å²) < 4.78 is 0. The second-order valence-corrected chi connectivity index (χ2v) is 21.1. The first-order valence-electron chi connectivity index (χ1n) is 23.0. The molecule has 0 aliphatic carbocycles. The largest absolute Gasteiger partial charge is 0.135 e. The van der Waals surface area contributed by atoms with Crippen LogP contribution in [0.5, 0.6) is 0 Å². The minimum Gasteiger partial charge on any atom is -0.135 e. The number of rotatable bonds is 12. The Morgan fingerprint density at radius 3 is 0.758 bits per heavy atom. The standard InChI is InChI=1S/C63H54S3/c1-40-19-7-13-25-46(40)31-52-37-58(55-28-16-10-22-43(55)4)64-61(52)49-34-50(62-53(32-47-26-14-8-20-41(47)2)38-59(65-62)56-29-17-11-23-44(56)5)36-51(35-49)63-54(33-48-27-15-9-21-42(48)3)39-60(66-63)57-30-18-12-24-45(57)6/h7-30,34-39H,31-33H2,1-6H3. The van der Waals surface area contributed by atoms with Gasteiger partial charge in [-0.15, -0.1) is 34.0 Å². The number of hydrogen-bond donors (Lipinski definition) is 0. The summed E-state index contributed by atoms with van der Waals surface area (Å²) in [6.07, 6.45) is 2.61. The molecule has 7 aromatic carbocycles. The van der Waals surface area contributed by atoms with Crippen LogP contribution in [0.25, 0.3) is 62.6 Å². The molecule has 3 heteroatoms. The maximum atomic E-state index is 2.52. The average molecular weight is 907 g/mol. The van der Waals surface area contributed by atoms with Crippen molar-refractivity contribution in [1.82, 2.24) is 0 Å². The molecule has 66 heavy (non-hydrogen) atoms. The number of thiophene rings is 3. The fraction of sp³-hybridized carbons (Fsp3) is 0.143. The lowest BCUT2D eigenvalue weighted by atomic mass is 9.93. The molecule has 0 saturated heterocycles. The normalized spacial score (nSPS) is 11.4. The molecule has 0 atom stereocenters. The van der Waals surface area contributed by atoms with E-state index < -0.39 is 0 Å². The Hall–Kier alpha value is -6.36. The number of benzene rings is 7. The third-order valence-electron chi connectivity index (χ3n) is 13.3. The highest BCUT2D eigenvalue weighted by Gasteiger charge is 2.23. The van der Waals surface area contributed by atoms with E-state index in [2.05, 4.69) is 224 Å². The third-order valence-corrected chi connectivity index (χ3v) is 17.1. The van der Waals surface area contributed by atoms with Gasteiger partial charge >= 0.3 is 0 Å². The lowest BCUT2D eigenvalue weighted by Crippen LogP contribution is -1.94. The Labute approximate surface area is 403 Å². The van der Waals surface area contributed by atoms with Crippen LogP contribution in [-0.2, 0) is 19.3 Å². The van der Waals surface area contributed by atoms with Gasteiger partial charge in [0.05, 0.1) is 0 Å². The molecule has 324 valence electrons. The van der Waals surface area contributed by atoms with Crippen LogP contribution in [0.2, 0.25) is 0 Å². The quantitative estimate of drug-likeness (QED) is 0.115. The topological polar surface area (TPSA) is 0 Å². The van der Waals surface area contributed by atoms with Crippen LogP contribution in [0.1, 0.15) is 66.8 Å². The Kier molecular flexibility index (Phi) is 12.4. The molecular formula is C63H54S3. The van der Waals surface area contributed by atoms with E-state index in [1.807, 2.05) is 34.0 Å². The molecule has 3 aromatic heterocycles. The molecule has 0 amide bonds. The van der Waals surface area contributed by atoms with Gasteiger partial charge in [0, 0.05) is 29.3 Å². The van der Waals surface area contributed by atoms with Gasteiger partial charge in [-0.25, -0.2) is 0 Å². The fourth-order valence-corrected chi connectivity index (χ4v) is 13.2.